The van der Waals surface area contributed by atoms with Gasteiger partial charge in [0.05, 0.1) is 5.69 Å². The predicted octanol–water partition coefficient (Wildman–Crippen LogP) is 2.70. The molecule has 0 bridgehead atoms. The van der Waals surface area contributed by atoms with Crippen LogP contribution in [0.1, 0.15) is 26.0 Å². The van der Waals surface area contributed by atoms with E-state index in [9.17, 15) is 0 Å². The number of hydrogen-bond acceptors (Lipinski definition) is 3. The van der Waals surface area contributed by atoms with Crippen LogP contribution in [0.15, 0.2) is 24.4 Å². The third kappa shape index (κ3) is 5.80. The van der Waals surface area contributed by atoms with Gasteiger partial charge in [-0.05, 0) is 18.6 Å². The molecule has 15 heavy (non-hydrogen) atoms. The van der Waals surface area contributed by atoms with Gasteiger partial charge in [-0.1, -0.05) is 19.9 Å². The molecule has 0 aliphatic rings. The number of aromatic nitrogens is 1. The van der Waals surface area contributed by atoms with Crippen molar-refractivity contribution in [1.29, 1.82) is 0 Å². The molecule has 1 aromatic heterocycles. The van der Waals surface area contributed by atoms with Gasteiger partial charge in [0.1, 0.15) is 0 Å². The predicted molar refractivity (Wildman–Crippen MR) is 68.2 cm³/mol. The Bertz CT molecular complexity index is 251. The van der Waals surface area contributed by atoms with Crippen molar-refractivity contribution < 1.29 is 0 Å². The van der Waals surface area contributed by atoms with Crippen molar-refractivity contribution in [3.05, 3.63) is 30.1 Å². The lowest BCUT2D eigenvalue weighted by Gasteiger charge is -2.08. The van der Waals surface area contributed by atoms with Gasteiger partial charge in [-0.2, -0.15) is 11.8 Å². The average molecular weight is 224 g/mol. The third-order valence-corrected chi connectivity index (χ3v) is 3.63. The first-order valence-corrected chi connectivity index (χ1v) is 6.60. The van der Waals surface area contributed by atoms with Crippen molar-refractivity contribution in [2.75, 3.05) is 12.3 Å². The third-order valence-electron chi connectivity index (χ3n) is 2.29. The molecule has 0 aromatic carbocycles. The Hall–Kier alpha value is -0.540. The zero-order valence-corrected chi connectivity index (χ0v) is 10.4. The molecule has 2 nitrogen and oxygen atoms in total. The fraction of sp³-hybridized carbons (Fsp3) is 0.583. The summed E-state index contributed by atoms with van der Waals surface area (Å²) in [6.07, 6.45) is 3.09. The summed E-state index contributed by atoms with van der Waals surface area (Å²) in [5.74, 6) is 1.18. The van der Waals surface area contributed by atoms with Crippen LogP contribution >= 0.6 is 11.8 Å². The van der Waals surface area contributed by atoms with Crippen LogP contribution in [0, 0.1) is 0 Å². The number of pyridine rings is 1. The summed E-state index contributed by atoms with van der Waals surface area (Å²) in [4.78, 5) is 4.26. The number of nitrogens with one attached hydrogen (secondary N) is 1. The first-order chi connectivity index (χ1) is 7.33. The summed E-state index contributed by atoms with van der Waals surface area (Å²) in [7, 11) is 0. The van der Waals surface area contributed by atoms with Crippen LogP contribution in [0.25, 0.3) is 0 Å². The van der Waals surface area contributed by atoms with E-state index < -0.39 is 0 Å². The van der Waals surface area contributed by atoms with Gasteiger partial charge in [0, 0.05) is 30.3 Å². The molecule has 1 N–H and O–H groups in total. The normalized spacial score (nSPS) is 12.7. The Morgan fingerprint density at radius 1 is 1.47 bits per heavy atom. The van der Waals surface area contributed by atoms with E-state index in [0.29, 0.717) is 0 Å². The number of thioether (sulfide) groups is 1. The van der Waals surface area contributed by atoms with Crippen molar-refractivity contribution in [2.45, 2.75) is 32.1 Å². The van der Waals surface area contributed by atoms with Crippen LogP contribution < -0.4 is 5.32 Å². The van der Waals surface area contributed by atoms with Crippen molar-refractivity contribution in [2.24, 2.45) is 0 Å². The Balaban J connectivity index is 2.03. The van der Waals surface area contributed by atoms with Crippen LogP contribution in [0.5, 0.6) is 0 Å². The lowest BCUT2D eigenvalue weighted by Crippen LogP contribution is -2.18. The number of rotatable bonds is 7. The quantitative estimate of drug-likeness (QED) is 0.721. The second-order valence-electron chi connectivity index (χ2n) is 3.59. The van der Waals surface area contributed by atoms with E-state index in [1.54, 1.807) is 0 Å². The van der Waals surface area contributed by atoms with Crippen LogP contribution in [-0.4, -0.2) is 22.5 Å². The second kappa shape index (κ2) is 7.71. The molecule has 1 rings (SSSR count). The zero-order chi connectivity index (χ0) is 10.9. The van der Waals surface area contributed by atoms with E-state index in [1.807, 2.05) is 30.1 Å². The summed E-state index contributed by atoms with van der Waals surface area (Å²) >= 11 is 2.03. The summed E-state index contributed by atoms with van der Waals surface area (Å²) < 4.78 is 0. The van der Waals surface area contributed by atoms with Gasteiger partial charge in [0.25, 0.3) is 0 Å². The summed E-state index contributed by atoms with van der Waals surface area (Å²) in [6.45, 7) is 6.45. The zero-order valence-electron chi connectivity index (χ0n) is 9.57. The minimum absolute atomic E-state index is 0.779. The average Bonchev–Trinajstić information content (AvgIpc) is 2.29. The van der Waals surface area contributed by atoms with E-state index in [1.165, 1.54) is 12.2 Å². The van der Waals surface area contributed by atoms with E-state index in [2.05, 4.69) is 30.2 Å². The van der Waals surface area contributed by atoms with Crippen LogP contribution in [-0.2, 0) is 6.54 Å². The summed E-state index contributed by atoms with van der Waals surface area (Å²) in [5, 5.41) is 4.18. The Morgan fingerprint density at radius 3 is 3.00 bits per heavy atom. The van der Waals surface area contributed by atoms with Gasteiger partial charge in [-0.15, -0.1) is 0 Å². The second-order valence-corrected chi connectivity index (χ2v) is 5.13. The molecule has 0 amide bonds. The van der Waals surface area contributed by atoms with Gasteiger partial charge in [-0.25, -0.2) is 0 Å². The molecule has 0 fully saturated rings. The maximum absolute atomic E-state index is 4.26. The van der Waals surface area contributed by atoms with Gasteiger partial charge in [0.15, 0.2) is 0 Å². The van der Waals surface area contributed by atoms with Crippen molar-refractivity contribution in [1.82, 2.24) is 10.3 Å². The molecule has 0 radical (unpaired) electrons. The minimum atomic E-state index is 0.779. The molecule has 1 unspecified atom stereocenters. The first-order valence-electron chi connectivity index (χ1n) is 5.55. The topological polar surface area (TPSA) is 24.9 Å². The molecule has 0 saturated heterocycles. The van der Waals surface area contributed by atoms with Crippen LogP contribution in [0.2, 0.25) is 0 Å². The molecule has 0 aliphatic carbocycles. The van der Waals surface area contributed by atoms with Crippen molar-refractivity contribution in [3.63, 3.8) is 0 Å². The molecule has 3 heteroatoms. The highest BCUT2D eigenvalue weighted by Gasteiger charge is 1.98. The number of hydrogen-bond donors (Lipinski definition) is 1. The summed E-state index contributed by atoms with van der Waals surface area (Å²) in [5.41, 5.74) is 1.12. The molecule has 84 valence electrons. The SMILES string of the molecule is CCC(C)SCCNCc1ccccn1. The van der Waals surface area contributed by atoms with E-state index >= 15 is 0 Å². The molecule has 1 aromatic rings. The fourth-order valence-electron chi connectivity index (χ4n) is 1.17. The van der Waals surface area contributed by atoms with Gasteiger partial charge in [-0.3, -0.25) is 4.98 Å². The highest BCUT2D eigenvalue weighted by molar-refractivity contribution is 7.99. The maximum Gasteiger partial charge on any atom is 0.0541 e. The molecule has 0 spiro atoms. The van der Waals surface area contributed by atoms with Crippen molar-refractivity contribution in [3.8, 4) is 0 Å². The van der Waals surface area contributed by atoms with Gasteiger partial charge in [0.2, 0.25) is 0 Å². The highest BCUT2D eigenvalue weighted by Crippen LogP contribution is 2.11. The molecular weight excluding hydrogens is 204 g/mol. The van der Waals surface area contributed by atoms with Crippen LogP contribution in [0.4, 0.5) is 0 Å². The lowest BCUT2D eigenvalue weighted by atomic mass is 10.3. The molecule has 1 atom stereocenters. The smallest absolute Gasteiger partial charge is 0.0541 e. The first kappa shape index (κ1) is 12.5. The largest absolute Gasteiger partial charge is 0.310 e. The molecule has 0 aliphatic heterocycles. The standard InChI is InChI=1S/C12H20N2S/c1-3-11(2)15-9-8-13-10-12-6-4-5-7-14-12/h4-7,11,13H,3,8-10H2,1-2H3. The molecule has 0 saturated carbocycles. The maximum atomic E-state index is 4.26. The van der Waals surface area contributed by atoms with Crippen LogP contribution in [0.3, 0.4) is 0 Å². The Labute approximate surface area is 96.9 Å². The van der Waals surface area contributed by atoms with E-state index in [4.69, 9.17) is 0 Å². The minimum Gasteiger partial charge on any atom is -0.310 e. The Morgan fingerprint density at radius 2 is 2.33 bits per heavy atom. The van der Waals surface area contributed by atoms with Gasteiger partial charge >= 0.3 is 0 Å². The van der Waals surface area contributed by atoms with E-state index in [0.717, 1.165) is 24.0 Å². The Kier molecular flexibility index (Phi) is 6.44. The van der Waals surface area contributed by atoms with Crippen molar-refractivity contribution >= 4 is 11.8 Å². The number of nitrogens with zero attached hydrogens (tertiary/aromatic N) is 1. The lowest BCUT2D eigenvalue weighted by molar-refractivity contribution is 0.714. The summed E-state index contributed by atoms with van der Waals surface area (Å²) in [6, 6.07) is 6.02. The van der Waals surface area contributed by atoms with E-state index in [-0.39, 0.29) is 0 Å². The molecule has 1 heterocycles. The highest BCUT2D eigenvalue weighted by atomic mass is 32.2. The monoisotopic (exact) mass is 224 g/mol. The molecular formula is C12H20N2S. The fourth-order valence-corrected chi connectivity index (χ4v) is 2.07. The van der Waals surface area contributed by atoms with Gasteiger partial charge < -0.3 is 5.32 Å².